The summed E-state index contributed by atoms with van der Waals surface area (Å²) in [5, 5.41) is 8.99. The second kappa shape index (κ2) is 6.93. The molecule has 2 aromatic carbocycles. The average Bonchev–Trinajstić information content (AvgIpc) is 2.60. The van der Waals surface area contributed by atoms with Crippen LogP contribution in [-0.4, -0.2) is 24.5 Å². The minimum Gasteiger partial charge on any atom is -0.478 e. The van der Waals surface area contributed by atoms with Gasteiger partial charge in [-0.15, -0.1) is 0 Å². The molecule has 0 amide bonds. The first-order valence-electron chi connectivity index (χ1n) is 7.43. The van der Waals surface area contributed by atoms with Crippen molar-refractivity contribution in [2.75, 3.05) is 4.72 Å². The molecule has 1 heterocycles. The predicted octanol–water partition coefficient (Wildman–Crippen LogP) is 3.27. The summed E-state index contributed by atoms with van der Waals surface area (Å²) < 4.78 is 41.8. The number of rotatable bonds is 5. The SMILES string of the molecule is O=C(O)/C=C/c1cccc(NS(=O)(=O)c2ccc(F)c3cnccc23)c1. The largest absolute Gasteiger partial charge is 0.478 e. The van der Waals surface area contributed by atoms with Gasteiger partial charge in [-0.05, 0) is 42.0 Å². The lowest BCUT2D eigenvalue weighted by Crippen LogP contribution is -2.13. The van der Waals surface area contributed by atoms with Gasteiger partial charge < -0.3 is 5.11 Å². The monoisotopic (exact) mass is 372 g/mol. The van der Waals surface area contributed by atoms with E-state index in [1.165, 1.54) is 42.7 Å². The number of pyridine rings is 1. The van der Waals surface area contributed by atoms with Crippen LogP contribution in [0.3, 0.4) is 0 Å². The molecular formula is C18H13FN2O4S. The van der Waals surface area contributed by atoms with E-state index in [9.17, 15) is 17.6 Å². The summed E-state index contributed by atoms with van der Waals surface area (Å²) in [4.78, 5) is 14.3. The van der Waals surface area contributed by atoms with Gasteiger partial charge >= 0.3 is 5.97 Å². The Morgan fingerprint density at radius 2 is 1.96 bits per heavy atom. The van der Waals surface area contributed by atoms with Crippen LogP contribution in [0.4, 0.5) is 10.1 Å². The van der Waals surface area contributed by atoms with Crippen molar-refractivity contribution in [2.45, 2.75) is 4.90 Å². The Bertz CT molecular complexity index is 1130. The van der Waals surface area contributed by atoms with E-state index in [4.69, 9.17) is 5.11 Å². The molecule has 0 bridgehead atoms. The number of carbonyl (C=O) groups is 1. The lowest BCUT2D eigenvalue weighted by Gasteiger charge is -2.11. The van der Waals surface area contributed by atoms with Gasteiger partial charge in [0.2, 0.25) is 0 Å². The number of nitrogens with one attached hydrogen (secondary N) is 1. The standard InChI is InChI=1S/C18H13FN2O4S/c19-16-5-6-17(14-8-9-20-11-15(14)16)26(24,25)21-13-3-1-2-12(10-13)4-7-18(22)23/h1-11,21H,(H,22,23)/b7-4+. The predicted molar refractivity (Wildman–Crippen MR) is 95.6 cm³/mol. The van der Waals surface area contributed by atoms with E-state index in [1.54, 1.807) is 12.1 Å². The molecule has 0 saturated carbocycles. The second-order valence-electron chi connectivity index (χ2n) is 5.37. The Morgan fingerprint density at radius 1 is 1.15 bits per heavy atom. The van der Waals surface area contributed by atoms with Crippen LogP contribution in [-0.2, 0) is 14.8 Å². The number of benzene rings is 2. The van der Waals surface area contributed by atoms with Crippen LogP contribution < -0.4 is 4.72 Å². The fourth-order valence-corrected chi connectivity index (χ4v) is 3.71. The van der Waals surface area contributed by atoms with Crippen molar-refractivity contribution < 1.29 is 22.7 Å². The fraction of sp³-hybridized carbons (Fsp3) is 0. The van der Waals surface area contributed by atoms with Gasteiger partial charge in [-0.1, -0.05) is 12.1 Å². The van der Waals surface area contributed by atoms with Crippen LogP contribution in [0.1, 0.15) is 5.56 Å². The van der Waals surface area contributed by atoms with E-state index in [2.05, 4.69) is 9.71 Å². The van der Waals surface area contributed by atoms with Crippen LogP contribution in [0, 0.1) is 5.82 Å². The Labute approximate surface area is 148 Å². The number of aliphatic carboxylic acids is 1. The quantitative estimate of drug-likeness (QED) is 0.670. The smallest absolute Gasteiger partial charge is 0.328 e. The summed E-state index contributed by atoms with van der Waals surface area (Å²) in [5.41, 5.74) is 0.768. The second-order valence-corrected chi connectivity index (χ2v) is 7.02. The topological polar surface area (TPSA) is 96.4 Å². The van der Waals surface area contributed by atoms with E-state index < -0.39 is 21.8 Å². The minimum absolute atomic E-state index is 0.0808. The number of halogens is 1. The molecule has 0 aliphatic heterocycles. The highest BCUT2D eigenvalue weighted by Crippen LogP contribution is 2.26. The maximum atomic E-state index is 13.9. The lowest BCUT2D eigenvalue weighted by atomic mass is 10.2. The summed E-state index contributed by atoms with van der Waals surface area (Å²) in [6, 6.07) is 9.94. The summed E-state index contributed by atoms with van der Waals surface area (Å²) in [7, 11) is -3.99. The molecule has 3 aromatic rings. The van der Waals surface area contributed by atoms with Crippen molar-refractivity contribution in [1.29, 1.82) is 0 Å². The van der Waals surface area contributed by atoms with Crippen molar-refractivity contribution in [3.05, 3.63) is 72.3 Å². The lowest BCUT2D eigenvalue weighted by molar-refractivity contribution is -0.131. The van der Waals surface area contributed by atoms with E-state index >= 15 is 0 Å². The first-order valence-corrected chi connectivity index (χ1v) is 8.91. The molecule has 26 heavy (non-hydrogen) atoms. The molecule has 8 heteroatoms. The molecule has 0 spiro atoms. The number of nitrogens with zero attached hydrogens (tertiary/aromatic N) is 1. The molecule has 0 fully saturated rings. The minimum atomic E-state index is -3.99. The zero-order valence-electron chi connectivity index (χ0n) is 13.3. The van der Waals surface area contributed by atoms with Gasteiger partial charge in [0.1, 0.15) is 5.82 Å². The number of sulfonamides is 1. The van der Waals surface area contributed by atoms with E-state index in [0.29, 0.717) is 5.56 Å². The number of hydrogen-bond donors (Lipinski definition) is 2. The van der Waals surface area contributed by atoms with Crippen LogP contribution in [0.25, 0.3) is 16.8 Å². The Morgan fingerprint density at radius 3 is 2.73 bits per heavy atom. The van der Waals surface area contributed by atoms with Crippen LogP contribution in [0.15, 0.2) is 65.8 Å². The summed E-state index contributed by atoms with van der Waals surface area (Å²) >= 11 is 0. The molecular weight excluding hydrogens is 359 g/mol. The molecule has 0 radical (unpaired) electrons. The maximum absolute atomic E-state index is 13.9. The van der Waals surface area contributed by atoms with Crippen LogP contribution >= 0.6 is 0 Å². The highest BCUT2D eigenvalue weighted by atomic mass is 32.2. The molecule has 3 rings (SSSR count). The van der Waals surface area contributed by atoms with Crippen molar-refractivity contribution in [3.63, 3.8) is 0 Å². The fourth-order valence-electron chi connectivity index (χ4n) is 2.45. The normalized spacial score (nSPS) is 11.7. The molecule has 132 valence electrons. The Balaban J connectivity index is 1.99. The van der Waals surface area contributed by atoms with Gasteiger partial charge in [0.05, 0.1) is 4.90 Å². The third-order valence-electron chi connectivity index (χ3n) is 3.57. The third-order valence-corrected chi connectivity index (χ3v) is 5.01. The van der Waals surface area contributed by atoms with Crippen LogP contribution in [0.5, 0.6) is 0 Å². The van der Waals surface area contributed by atoms with Gasteiger partial charge in [0, 0.05) is 34.9 Å². The van der Waals surface area contributed by atoms with E-state index in [0.717, 1.165) is 12.1 Å². The number of aromatic nitrogens is 1. The molecule has 2 N–H and O–H groups in total. The molecule has 0 atom stereocenters. The average molecular weight is 372 g/mol. The van der Waals surface area contributed by atoms with E-state index in [1.807, 2.05) is 0 Å². The van der Waals surface area contributed by atoms with Gasteiger partial charge in [-0.2, -0.15) is 0 Å². The van der Waals surface area contributed by atoms with Gasteiger partial charge in [-0.25, -0.2) is 17.6 Å². The highest BCUT2D eigenvalue weighted by molar-refractivity contribution is 7.93. The Kier molecular flexibility index (Phi) is 4.68. The highest BCUT2D eigenvalue weighted by Gasteiger charge is 2.19. The number of hydrogen-bond acceptors (Lipinski definition) is 4. The summed E-state index contributed by atoms with van der Waals surface area (Å²) in [6.45, 7) is 0. The van der Waals surface area contributed by atoms with Crippen molar-refractivity contribution in [1.82, 2.24) is 4.98 Å². The van der Waals surface area contributed by atoms with Gasteiger partial charge in [0.15, 0.2) is 0 Å². The Hall–Kier alpha value is -3.26. The molecule has 0 unspecified atom stereocenters. The first kappa shape index (κ1) is 17.6. The number of fused-ring (bicyclic) bond motifs is 1. The molecule has 0 aliphatic carbocycles. The molecule has 0 saturated heterocycles. The van der Waals surface area contributed by atoms with Gasteiger partial charge in [-0.3, -0.25) is 9.71 Å². The van der Waals surface area contributed by atoms with Crippen LogP contribution in [0.2, 0.25) is 0 Å². The molecule has 0 aliphatic rings. The van der Waals surface area contributed by atoms with E-state index in [-0.39, 0.29) is 21.4 Å². The third kappa shape index (κ3) is 3.70. The first-order chi connectivity index (χ1) is 12.4. The van der Waals surface area contributed by atoms with Crippen molar-refractivity contribution in [3.8, 4) is 0 Å². The summed E-state index contributed by atoms with van der Waals surface area (Å²) in [5.74, 6) is -1.67. The molecule has 6 nitrogen and oxygen atoms in total. The summed E-state index contributed by atoms with van der Waals surface area (Å²) in [6.07, 6.45) is 4.95. The zero-order chi connectivity index (χ0) is 18.7. The molecule has 1 aromatic heterocycles. The van der Waals surface area contributed by atoms with Crippen molar-refractivity contribution >= 4 is 38.5 Å². The maximum Gasteiger partial charge on any atom is 0.328 e. The number of carboxylic acid groups (broad SMARTS) is 1. The van der Waals surface area contributed by atoms with Gasteiger partial charge in [0.25, 0.3) is 10.0 Å². The number of carboxylic acids is 1. The van der Waals surface area contributed by atoms with Crippen molar-refractivity contribution in [2.24, 2.45) is 0 Å². The number of anilines is 1. The zero-order valence-corrected chi connectivity index (χ0v) is 14.1.